The summed E-state index contributed by atoms with van der Waals surface area (Å²) in [5.74, 6) is -3.99. The van der Waals surface area contributed by atoms with E-state index in [1.807, 2.05) is 13.8 Å². The summed E-state index contributed by atoms with van der Waals surface area (Å²) in [5, 5.41) is 0. The molecule has 0 bridgehead atoms. The summed E-state index contributed by atoms with van der Waals surface area (Å²) in [6, 6.07) is 7.59. The maximum absolute atomic E-state index is 13.5. The molecule has 0 aliphatic heterocycles. The summed E-state index contributed by atoms with van der Waals surface area (Å²) in [6.45, 7) is 4.01. The summed E-state index contributed by atoms with van der Waals surface area (Å²) in [6.07, 6.45) is 0. The highest BCUT2D eigenvalue weighted by Gasteiger charge is 2.17. The highest BCUT2D eigenvalue weighted by atomic mass is 19.2. The number of carbonyl (C=O) groups excluding carboxylic acids is 1. The summed E-state index contributed by atoms with van der Waals surface area (Å²) >= 11 is 0. The molecule has 0 saturated carbocycles. The van der Waals surface area contributed by atoms with Crippen LogP contribution in [0, 0.1) is 17.5 Å². The summed E-state index contributed by atoms with van der Waals surface area (Å²) in [4.78, 5) is 12.1. The van der Waals surface area contributed by atoms with Gasteiger partial charge in [-0.05, 0) is 17.5 Å². The Bertz CT molecular complexity index is 646. The van der Waals surface area contributed by atoms with E-state index in [1.165, 1.54) is 0 Å². The van der Waals surface area contributed by atoms with E-state index in [4.69, 9.17) is 0 Å². The second kappa shape index (κ2) is 5.49. The maximum atomic E-state index is 13.5. The molecule has 0 radical (unpaired) electrons. The second-order valence-corrected chi connectivity index (χ2v) is 4.85. The van der Waals surface area contributed by atoms with Crippen molar-refractivity contribution >= 4 is 5.78 Å². The highest BCUT2D eigenvalue weighted by Crippen LogP contribution is 2.20. The molecule has 0 N–H and O–H groups in total. The first-order valence-electron chi connectivity index (χ1n) is 6.19. The van der Waals surface area contributed by atoms with E-state index >= 15 is 0 Å². The standard InChI is InChI=1S/C16H13F3O/c1-9(2)10-3-5-11(6-4-10)16(20)12-7-14(18)15(19)8-13(12)17/h3-9H,1-2H3. The largest absolute Gasteiger partial charge is 0.288 e. The number of hydrogen-bond donors (Lipinski definition) is 0. The molecule has 0 aliphatic carbocycles. The van der Waals surface area contributed by atoms with Gasteiger partial charge in [0.2, 0.25) is 0 Å². The third-order valence-electron chi connectivity index (χ3n) is 3.09. The first-order valence-corrected chi connectivity index (χ1v) is 6.19. The minimum Gasteiger partial charge on any atom is -0.288 e. The molecule has 20 heavy (non-hydrogen) atoms. The van der Waals surface area contributed by atoms with Crippen LogP contribution in [-0.2, 0) is 0 Å². The Labute approximate surface area is 115 Å². The number of halogens is 3. The van der Waals surface area contributed by atoms with Crippen LogP contribution in [0.15, 0.2) is 36.4 Å². The molecule has 0 fully saturated rings. The number of ketones is 1. The van der Waals surface area contributed by atoms with Crippen molar-refractivity contribution in [3.05, 3.63) is 70.5 Å². The SMILES string of the molecule is CC(C)c1ccc(C(=O)c2cc(F)c(F)cc2F)cc1. The zero-order valence-electron chi connectivity index (χ0n) is 11.1. The molecule has 2 aromatic rings. The van der Waals surface area contributed by atoms with Crippen molar-refractivity contribution in [1.82, 2.24) is 0 Å². The van der Waals surface area contributed by atoms with Gasteiger partial charge in [-0.15, -0.1) is 0 Å². The molecule has 0 aromatic heterocycles. The first-order chi connectivity index (χ1) is 9.40. The Balaban J connectivity index is 2.38. The molecule has 1 nitrogen and oxygen atoms in total. The van der Waals surface area contributed by atoms with Crippen molar-refractivity contribution in [2.75, 3.05) is 0 Å². The Morgan fingerprint density at radius 1 is 0.900 bits per heavy atom. The predicted molar refractivity (Wildman–Crippen MR) is 70.3 cm³/mol. The van der Waals surface area contributed by atoms with Gasteiger partial charge in [-0.3, -0.25) is 4.79 Å². The monoisotopic (exact) mass is 278 g/mol. The lowest BCUT2D eigenvalue weighted by atomic mass is 9.98. The third-order valence-corrected chi connectivity index (χ3v) is 3.09. The molecule has 0 heterocycles. The Morgan fingerprint density at radius 2 is 1.45 bits per heavy atom. The molecule has 0 amide bonds. The van der Waals surface area contributed by atoms with Gasteiger partial charge >= 0.3 is 0 Å². The van der Waals surface area contributed by atoms with E-state index in [2.05, 4.69) is 0 Å². The van der Waals surface area contributed by atoms with E-state index in [9.17, 15) is 18.0 Å². The predicted octanol–water partition coefficient (Wildman–Crippen LogP) is 4.46. The van der Waals surface area contributed by atoms with Crippen molar-refractivity contribution in [2.45, 2.75) is 19.8 Å². The molecule has 0 saturated heterocycles. The third kappa shape index (κ3) is 2.74. The van der Waals surface area contributed by atoms with Gasteiger partial charge in [0, 0.05) is 11.6 Å². The molecule has 0 aliphatic rings. The van der Waals surface area contributed by atoms with E-state index in [-0.39, 0.29) is 5.56 Å². The van der Waals surface area contributed by atoms with Crippen LogP contribution >= 0.6 is 0 Å². The molecule has 0 atom stereocenters. The molecule has 0 spiro atoms. The van der Waals surface area contributed by atoms with E-state index in [0.29, 0.717) is 18.1 Å². The number of carbonyl (C=O) groups is 1. The average Bonchev–Trinajstić information content (AvgIpc) is 2.42. The Kier molecular flexibility index (Phi) is 3.93. The van der Waals surface area contributed by atoms with E-state index in [1.54, 1.807) is 24.3 Å². The van der Waals surface area contributed by atoms with Gasteiger partial charge in [0.1, 0.15) is 5.82 Å². The Hall–Kier alpha value is -2.10. The van der Waals surface area contributed by atoms with Gasteiger partial charge in [0.25, 0.3) is 0 Å². The quantitative estimate of drug-likeness (QED) is 0.598. The van der Waals surface area contributed by atoms with Gasteiger partial charge in [-0.25, -0.2) is 13.2 Å². The highest BCUT2D eigenvalue weighted by molar-refractivity contribution is 6.09. The van der Waals surface area contributed by atoms with Crippen LogP contribution in [0.25, 0.3) is 0 Å². The topological polar surface area (TPSA) is 17.1 Å². The van der Waals surface area contributed by atoms with Gasteiger partial charge in [-0.1, -0.05) is 38.1 Å². The zero-order chi connectivity index (χ0) is 14.9. The number of benzene rings is 2. The van der Waals surface area contributed by atoms with Crippen LogP contribution in [0.5, 0.6) is 0 Å². The summed E-state index contributed by atoms with van der Waals surface area (Å²) < 4.78 is 39.5. The van der Waals surface area contributed by atoms with Gasteiger partial charge in [-0.2, -0.15) is 0 Å². The van der Waals surface area contributed by atoms with Gasteiger partial charge in [0.15, 0.2) is 17.4 Å². The van der Waals surface area contributed by atoms with Crippen molar-refractivity contribution in [3.63, 3.8) is 0 Å². The molecule has 104 valence electrons. The van der Waals surface area contributed by atoms with E-state index in [0.717, 1.165) is 5.56 Å². The normalized spacial score (nSPS) is 10.9. The molecule has 4 heteroatoms. The minimum atomic E-state index is -1.31. The fraction of sp³-hybridized carbons (Fsp3) is 0.188. The van der Waals surface area contributed by atoms with E-state index < -0.39 is 28.8 Å². The smallest absolute Gasteiger partial charge is 0.196 e. The van der Waals surface area contributed by atoms with Crippen LogP contribution in [-0.4, -0.2) is 5.78 Å². The number of rotatable bonds is 3. The van der Waals surface area contributed by atoms with Crippen molar-refractivity contribution in [2.24, 2.45) is 0 Å². The number of hydrogen-bond acceptors (Lipinski definition) is 1. The van der Waals surface area contributed by atoms with Gasteiger partial charge in [0.05, 0.1) is 5.56 Å². The van der Waals surface area contributed by atoms with Crippen LogP contribution in [0.1, 0.15) is 41.3 Å². The fourth-order valence-corrected chi connectivity index (χ4v) is 1.87. The Morgan fingerprint density at radius 3 is 2.00 bits per heavy atom. The van der Waals surface area contributed by atoms with Crippen molar-refractivity contribution in [3.8, 4) is 0 Å². The molecular formula is C16H13F3O. The van der Waals surface area contributed by atoms with Crippen LogP contribution in [0.3, 0.4) is 0 Å². The lowest BCUT2D eigenvalue weighted by Crippen LogP contribution is -2.06. The molecule has 2 aromatic carbocycles. The first kappa shape index (κ1) is 14.3. The average molecular weight is 278 g/mol. The van der Waals surface area contributed by atoms with Crippen molar-refractivity contribution < 1.29 is 18.0 Å². The summed E-state index contributed by atoms with van der Waals surface area (Å²) in [5.41, 5.74) is 0.799. The molecular weight excluding hydrogens is 265 g/mol. The molecule has 2 rings (SSSR count). The van der Waals surface area contributed by atoms with Crippen molar-refractivity contribution in [1.29, 1.82) is 0 Å². The van der Waals surface area contributed by atoms with Crippen LogP contribution in [0.2, 0.25) is 0 Å². The van der Waals surface area contributed by atoms with Crippen LogP contribution in [0.4, 0.5) is 13.2 Å². The second-order valence-electron chi connectivity index (χ2n) is 4.85. The summed E-state index contributed by atoms with van der Waals surface area (Å²) in [7, 11) is 0. The lowest BCUT2D eigenvalue weighted by Gasteiger charge is -2.07. The molecule has 0 unspecified atom stereocenters. The van der Waals surface area contributed by atoms with Gasteiger partial charge < -0.3 is 0 Å². The minimum absolute atomic E-state index is 0.235. The zero-order valence-corrected chi connectivity index (χ0v) is 11.1. The van der Waals surface area contributed by atoms with Crippen LogP contribution < -0.4 is 0 Å². The lowest BCUT2D eigenvalue weighted by molar-refractivity contribution is 0.103. The fourth-order valence-electron chi connectivity index (χ4n) is 1.87. The maximum Gasteiger partial charge on any atom is 0.196 e.